The van der Waals surface area contributed by atoms with Gasteiger partial charge in [-0.1, -0.05) is 6.07 Å². The second-order valence-corrected chi connectivity index (χ2v) is 7.23. The van der Waals surface area contributed by atoms with E-state index in [9.17, 15) is 14.7 Å². The van der Waals surface area contributed by atoms with Gasteiger partial charge in [0.05, 0.1) is 12.2 Å². The summed E-state index contributed by atoms with van der Waals surface area (Å²) in [5.41, 5.74) is 1.45. The van der Waals surface area contributed by atoms with Crippen LogP contribution < -0.4 is 10.6 Å². The minimum absolute atomic E-state index is 0.130. The van der Waals surface area contributed by atoms with Crippen LogP contribution >= 0.6 is 11.3 Å². The molecule has 3 aromatic heterocycles. The molecule has 0 bridgehead atoms. The molecule has 0 aliphatic heterocycles. The van der Waals surface area contributed by atoms with Crippen molar-refractivity contribution in [2.24, 2.45) is 0 Å². The third kappa shape index (κ3) is 5.48. The number of thiazole rings is 1. The van der Waals surface area contributed by atoms with Gasteiger partial charge in [-0.25, -0.2) is 19.6 Å². The Balaban J connectivity index is 1.63. The van der Waals surface area contributed by atoms with Crippen molar-refractivity contribution >= 4 is 35.1 Å². The monoisotopic (exact) mass is 412 g/mol. The van der Waals surface area contributed by atoms with Crippen molar-refractivity contribution in [1.29, 1.82) is 0 Å². The van der Waals surface area contributed by atoms with E-state index in [1.165, 1.54) is 16.2 Å². The predicted molar refractivity (Wildman–Crippen MR) is 111 cm³/mol. The Morgan fingerprint density at radius 2 is 1.83 bits per heavy atom. The van der Waals surface area contributed by atoms with Gasteiger partial charge in [0.25, 0.3) is 0 Å². The van der Waals surface area contributed by atoms with Crippen LogP contribution in [0.4, 0.5) is 21.2 Å². The fourth-order valence-electron chi connectivity index (χ4n) is 2.50. The lowest BCUT2D eigenvalue weighted by Gasteiger charge is -2.23. The zero-order chi connectivity index (χ0) is 20.8. The molecule has 10 heteroatoms. The molecule has 0 spiro atoms. The Hall–Kier alpha value is -3.53. The van der Waals surface area contributed by atoms with Crippen molar-refractivity contribution in [1.82, 2.24) is 19.9 Å². The number of amides is 3. The highest BCUT2D eigenvalue weighted by molar-refractivity contribution is 7.13. The van der Waals surface area contributed by atoms with Gasteiger partial charge in [0.15, 0.2) is 0 Å². The van der Waals surface area contributed by atoms with Gasteiger partial charge in [-0.15, -0.1) is 11.3 Å². The van der Waals surface area contributed by atoms with E-state index in [4.69, 9.17) is 0 Å². The van der Waals surface area contributed by atoms with Crippen LogP contribution in [0.5, 0.6) is 0 Å². The molecule has 0 radical (unpaired) electrons. The second kappa shape index (κ2) is 9.11. The third-order valence-electron chi connectivity index (χ3n) is 3.92. The molecule has 0 fully saturated rings. The number of pyridine rings is 2. The van der Waals surface area contributed by atoms with Crippen LogP contribution in [-0.2, 0) is 6.54 Å². The summed E-state index contributed by atoms with van der Waals surface area (Å²) in [6.07, 6.45) is 2.34. The summed E-state index contributed by atoms with van der Waals surface area (Å²) >= 11 is 1.41. The molecule has 3 aromatic rings. The topological polar surface area (TPSA) is 120 Å². The number of carbonyl (C=O) groups is 2. The van der Waals surface area contributed by atoms with E-state index in [1.54, 1.807) is 49.8 Å². The number of urea groups is 1. The first-order valence-electron chi connectivity index (χ1n) is 8.82. The molecule has 0 aliphatic carbocycles. The van der Waals surface area contributed by atoms with Gasteiger partial charge in [0, 0.05) is 29.4 Å². The Morgan fingerprint density at radius 3 is 2.52 bits per heavy atom. The SMILES string of the molecule is CC(C)N(Cc1cccc(NC(=O)Nc2csc(-c3ccncc3)n2)n1)C(=O)O. The summed E-state index contributed by atoms with van der Waals surface area (Å²) in [5, 5.41) is 17.1. The molecule has 3 heterocycles. The van der Waals surface area contributed by atoms with E-state index in [1.807, 2.05) is 12.1 Å². The molecule has 0 saturated carbocycles. The number of nitrogens with zero attached hydrogens (tertiary/aromatic N) is 4. The van der Waals surface area contributed by atoms with Gasteiger partial charge in [0.1, 0.15) is 16.6 Å². The highest BCUT2D eigenvalue weighted by atomic mass is 32.1. The highest BCUT2D eigenvalue weighted by Gasteiger charge is 2.17. The maximum atomic E-state index is 12.3. The van der Waals surface area contributed by atoms with Crippen LogP contribution in [0.3, 0.4) is 0 Å². The summed E-state index contributed by atoms with van der Waals surface area (Å²) in [7, 11) is 0. The normalized spacial score (nSPS) is 10.6. The minimum Gasteiger partial charge on any atom is -0.465 e. The maximum Gasteiger partial charge on any atom is 0.407 e. The van der Waals surface area contributed by atoms with Gasteiger partial charge in [-0.2, -0.15) is 0 Å². The Labute approximate surface area is 171 Å². The Morgan fingerprint density at radius 1 is 1.10 bits per heavy atom. The predicted octanol–water partition coefficient (Wildman–Crippen LogP) is 4.13. The number of nitrogens with one attached hydrogen (secondary N) is 2. The lowest BCUT2D eigenvalue weighted by molar-refractivity contribution is 0.127. The van der Waals surface area contributed by atoms with Crippen LogP contribution in [0.1, 0.15) is 19.5 Å². The summed E-state index contributed by atoms with van der Waals surface area (Å²) in [5.74, 6) is 0.742. The summed E-state index contributed by atoms with van der Waals surface area (Å²) in [6, 6.07) is 8.07. The van der Waals surface area contributed by atoms with E-state index in [-0.39, 0.29) is 12.6 Å². The van der Waals surface area contributed by atoms with Gasteiger partial charge >= 0.3 is 12.1 Å². The number of hydrogen-bond acceptors (Lipinski definition) is 6. The number of carboxylic acid groups (broad SMARTS) is 1. The molecule has 3 amide bonds. The number of hydrogen-bond donors (Lipinski definition) is 3. The Kier molecular flexibility index (Phi) is 6.35. The Bertz CT molecular complexity index is 992. The zero-order valence-corrected chi connectivity index (χ0v) is 16.7. The number of rotatable bonds is 6. The van der Waals surface area contributed by atoms with E-state index in [0.29, 0.717) is 17.3 Å². The highest BCUT2D eigenvalue weighted by Crippen LogP contribution is 2.25. The van der Waals surface area contributed by atoms with Gasteiger partial charge < -0.3 is 10.0 Å². The fourth-order valence-corrected chi connectivity index (χ4v) is 3.26. The van der Waals surface area contributed by atoms with Gasteiger partial charge in [-0.05, 0) is 38.1 Å². The van der Waals surface area contributed by atoms with Crippen molar-refractivity contribution in [2.75, 3.05) is 10.6 Å². The largest absolute Gasteiger partial charge is 0.465 e. The first-order chi connectivity index (χ1) is 13.9. The first-order valence-corrected chi connectivity index (χ1v) is 9.70. The van der Waals surface area contributed by atoms with Crippen molar-refractivity contribution < 1.29 is 14.7 Å². The van der Waals surface area contributed by atoms with Crippen LogP contribution in [-0.4, -0.2) is 43.1 Å². The molecular weight excluding hydrogens is 392 g/mol. The number of anilines is 2. The molecule has 3 N–H and O–H groups in total. The molecule has 0 unspecified atom stereocenters. The van der Waals surface area contributed by atoms with Crippen LogP contribution in [0.25, 0.3) is 10.6 Å². The molecule has 9 nitrogen and oxygen atoms in total. The minimum atomic E-state index is -1.02. The van der Waals surface area contributed by atoms with Gasteiger partial charge in [-0.3, -0.25) is 15.6 Å². The summed E-state index contributed by atoms with van der Waals surface area (Å²) < 4.78 is 0. The lowest BCUT2D eigenvalue weighted by Crippen LogP contribution is -2.35. The van der Waals surface area contributed by atoms with Crippen molar-refractivity contribution in [2.45, 2.75) is 26.4 Å². The zero-order valence-electron chi connectivity index (χ0n) is 15.9. The van der Waals surface area contributed by atoms with Crippen molar-refractivity contribution in [3.05, 3.63) is 53.8 Å². The average molecular weight is 412 g/mol. The van der Waals surface area contributed by atoms with E-state index >= 15 is 0 Å². The molecule has 3 rings (SSSR count). The standard InChI is InChI=1S/C19H20N6O3S/c1-12(2)25(19(27)28)10-14-4-3-5-15(21-14)23-18(26)24-16-11-29-17(22-16)13-6-8-20-9-7-13/h3-9,11-12H,10H2,1-2H3,(H,27,28)(H2,21,23,24,26). The quantitative estimate of drug-likeness (QED) is 0.560. The summed E-state index contributed by atoms with van der Waals surface area (Å²) in [4.78, 5) is 37.5. The average Bonchev–Trinajstić information content (AvgIpc) is 3.15. The fraction of sp³-hybridized carbons (Fsp3) is 0.211. The van der Waals surface area contributed by atoms with Crippen molar-refractivity contribution in [3.63, 3.8) is 0 Å². The molecule has 0 saturated heterocycles. The molecule has 150 valence electrons. The maximum absolute atomic E-state index is 12.3. The third-order valence-corrected chi connectivity index (χ3v) is 4.81. The second-order valence-electron chi connectivity index (χ2n) is 6.37. The lowest BCUT2D eigenvalue weighted by atomic mass is 10.3. The molecule has 0 atom stereocenters. The smallest absolute Gasteiger partial charge is 0.407 e. The van der Waals surface area contributed by atoms with Gasteiger partial charge in [0.2, 0.25) is 0 Å². The van der Waals surface area contributed by atoms with E-state index in [2.05, 4.69) is 25.6 Å². The van der Waals surface area contributed by atoms with Crippen LogP contribution in [0.2, 0.25) is 0 Å². The molecule has 29 heavy (non-hydrogen) atoms. The van der Waals surface area contributed by atoms with E-state index in [0.717, 1.165) is 10.6 Å². The number of carbonyl (C=O) groups excluding carboxylic acids is 1. The molecular formula is C19H20N6O3S. The molecule has 0 aliphatic rings. The number of aromatic nitrogens is 3. The van der Waals surface area contributed by atoms with E-state index < -0.39 is 12.1 Å². The molecule has 0 aromatic carbocycles. The summed E-state index contributed by atoms with van der Waals surface area (Å²) in [6.45, 7) is 3.71. The van der Waals surface area contributed by atoms with Crippen LogP contribution in [0, 0.1) is 0 Å². The van der Waals surface area contributed by atoms with Crippen molar-refractivity contribution in [3.8, 4) is 10.6 Å². The van der Waals surface area contributed by atoms with Crippen LogP contribution in [0.15, 0.2) is 48.1 Å². The first kappa shape index (κ1) is 20.2.